The number of para-hydroxylation sites is 1. The van der Waals surface area contributed by atoms with E-state index in [1.165, 1.54) is 0 Å². The van der Waals surface area contributed by atoms with Crippen LogP contribution in [0.2, 0.25) is 0 Å². The fourth-order valence-electron chi connectivity index (χ4n) is 3.53. The molecule has 2 aromatic carbocycles. The van der Waals surface area contributed by atoms with Crippen LogP contribution in [-0.4, -0.2) is 48.6 Å². The molecule has 8 heteroatoms. The van der Waals surface area contributed by atoms with Crippen LogP contribution in [0.4, 0.5) is 11.4 Å². The Hall–Kier alpha value is -3.39. The Labute approximate surface area is 187 Å². The highest BCUT2D eigenvalue weighted by Crippen LogP contribution is 2.27. The van der Waals surface area contributed by atoms with Gasteiger partial charge in [0, 0.05) is 30.9 Å². The Morgan fingerprint density at radius 2 is 1.91 bits per heavy atom. The molecule has 0 bridgehead atoms. The van der Waals surface area contributed by atoms with Crippen molar-refractivity contribution in [2.75, 3.05) is 29.9 Å². The number of benzene rings is 2. The molecule has 0 saturated carbocycles. The average molecular weight is 440 g/mol. The van der Waals surface area contributed by atoms with Crippen LogP contribution >= 0.6 is 0 Å². The van der Waals surface area contributed by atoms with Crippen LogP contribution in [0.5, 0.6) is 5.75 Å². The minimum atomic E-state index is -0.636. The minimum Gasteiger partial charge on any atom is -0.484 e. The first-order valence-corrected chi connectivity index (χ1v) is 10.7. The number of carbonyl (C=O) groups excluding carboxylic acids is 3. The van der Waals surface area contributed by atoms with Gasteiger partial charge in [-0.05, 0) is 49.2 Å². The summed E-state index contributed by atoms with van der Waals surface area (Å²) in [5.74, 6) is -0.574. The van der Waals surface area contributed by atoms with Gasteiger partial charge in [-0.1, -0.05) is 25.1 Å². The van der Waals surface area contributed by atoms with Crippen molar-refractivity contribution < 1.29 is 24.2 Å². The number of nitrogens with one attached hydrogen (secondary N) is 2. The minimum absolute atomic E-state index is 0.128. The van der Waals surface area contributed by atoms with Gasteiger partial charge in [0.15, 0.2) is 6.61 Å². The van der Waals surface area contributed by atoms with Crippen LogP contribution in [0.15, 0.2) is 48.5 Å². The summed E-state index contributed by atoms with van der Waals surface area (Å²) in [6, 6.07) is 14.5. The molecule has 1 fully saturated rings. The summed E-state index contributed by atoms with van der Waals surface area (Å²) < 4.78 is 5.57. The molecule has 3 amide bonds. The molecule has 0 spiro atoms. The number of aliphatic hydroxyl groups excluding tert-OH is 1. The average Bonchev–Trinajstić information content (AvgIpc) is 3.18. The molecule has 0 aliphatic carbocycles. The second-order valence-electron chi connectivity index (χ2n) is 7.84. The Morgan fingerprint density at radius 3 is 2.59 bits per heavy atom. The molecule has 0 aromatic heterocycles. The van der Waals surface area contributed by atoms with Gasteiger partial charge >= 0.3 is 0 Å². The summed E-state index contributed by atoms with van der Waals surface area (Å²) in [7, 11) is 0. The standard InChI is InChI=1S/C24H29N3O5/c1-3-17-6-4-5-7-21(17)26-22(29)15-32-20-10-8-19(9-11-20)27-14-18(12-23(27)30)24(31)25-13-16(2)28/h4-11,16,18,28H,3,12-15H2,1-2H3,(H,25,31)(H,26,29)/t16-,18+/m0/s1. The number of aliphatic hydroxyl groups is 1. The number of anilines is 2. The largest absolute Gasteiger partial charge is 0.484 e. The lowest BCUT2D eigenvalue weighted by Gasteiger charge is -2.17. The summed E-state index contributed by atoms with van der Waals surface area (Å²) in [6.45, 7) is 3.92. The van der Waals surface area contributed by atoms with E-state index >= 15 is 0 Å². The third-order valence-corrected chi connectivity index (χ3v) is 5.26. The second kappa shape index (κ2) is 10.8. The maximum atomic E-state index is 12.4. The lowest BCUT2D eigenvalue weighted by molar-refractivity contribution is -0.126. The lowest BCUT2D eigenvalue weighted by Crippen LogP contribution is -2.36. The second-order valence-corrected chi connectivity index (χ2v) is 7.84. The predicted octanol–water partition coefficient (Wildman–Crippen LogP) is 2.12. The van der Waals surface area contributed by atoms with Gasteiger partial charge in [-0.2, -0.15) is 0 Å². The van der Waals surface area contributed by atoms with E-state index in [0.29, 0.717) is 11.4 Å². The van der Waals surface area contributed by atoms with Crippen molar-refractivity contribution in [3.8, 4) is 5.75 Å². The number of hydrogen-bond donors (Lipinski definition) is 3. The molecular formula is C24H29N3O5. The molecule has 0 radical (unpaired) electrons. The molecule has 1 saturated heterocycles. The highest BCUT2D eigenvalue weighted by molar-refractivity contribution is 6.00. The van der Waals surface area contributed by atoms with Crippen molar-refractivity contribution in [2.24, 2.45) is 5.92 Å². The molecule has 2 aromatic rings. The number of hydrogen-bond acceptors (Lipinski definition) is 5. The van der Waals surface area contributed by atoms with Crippen molar-refractivity contribution in [2.45, 2.75) is 32.8 Å². The lowest BCUT2D eigenvalue weighted by atomic mass is 10.1. The Morgan fingerprint density at radius 1 is 1.19 bits per heavy atom. The van der Waals surface area contributed by atoms with E-state index in [1.54, 1.807) is 36.1 Å². The number of carbonyl (C=O) groups is 3. The summed E-state index contributed by atoms with van der Waals surface area (Å²) in [5, 5.41) is 14.8. The first kappa shape index (κ1) is 23.3. The van der Waals surface area contributed by atoms with Gasteiger partial charge < -0.3 is 25.4 Å². The molecule has 3 N–H and O–H groups in total. The van der Waals surface area contributed by atoms with E-state index in [0.717, 1.165) is 17.7 Å². The third-order valence-electron chi connectivity index (χ3n) is 5.26. The molecule has 1 aliphatic rings. The predicted molar refractivity (Wildman–Crippen MR) is 122 cm³/mol. The van der Waals surface area contributed by atoms with Crippen molar-refractivity contribution in [3.63, 3.8) is 0 Å². The smallest absolute Gasteiger partial charge is 0.262 e. The quantitative estimate of drug-likeness (QED) is 0.555. The van der Waals surface area contributed by atoms with Crippen molar-refractivity contribution in [3.05, 3.63) is 54.1 Å². The molecule has 8 nitrogen and oxygen atoms in total. The molecule has 2 atom stereocenters. The summed E-state index contributed by atoms with van der Waals surface area (Å²) >= 11 is 0. The Kier molecular flexibility index (Phi) is 7.83. The molecule has 170 valence electrons. The van der Waals surface area contributed by atoms with Gasteiger partial charge in [0.2, 0.25) is 11.8 Å². The van der Waals surface area contributed by atoms with Gasteiger partial charge in [0.05, 0.1) is 12.0 Å². The van der Waals surface area contributed by atoms with Crippen molar-refractivity contribution >= 4 is 29.1 Å². The molecular weight excluding hydrogens is 410 g/mol. The first-order chi connectivity index (χ1) is 15.4. The van der Waals surface area contributed by atoms with E-state index in [4.69, 9.17) is 4.74 Å². The van der Waals surface area contributed by atoms with Gasteiger partial charge in [-0.25, -0.2) is 0 Å². The van der Waals surface area contributed by atoms with Crippen LogP contribution in [-0.2, 0) is 20.8 Å². The summed E-state index contributed by atoms with van der Waals surface area (Å²) in [4.78, 5) is 38.3. The van der Waals surface area contributed by atoms with Crippen LogP contribution < -0.4 is 20.3 Å². The zero-order valence-corrected chi connectivity index (χ0v) is 18.3. The molecule has 3 rings (SSSR count). The zero-order valence-electron chi connectivity index (χ0n) is 18.3. The van der Waals surface area contributed by atoms with E-state index in [2.05, 4.69) is 10.6 Å². The Bertz CT molecular complexity index is 958. The zero-order chi connectivity index (χ0) is 23.1. The van der Waals surface area contributed by atoms with Crippen LogP contribution in [0.1, 0.15) is 25.8 Å². The van der Waals surface area contributed by atoms with Crippen LogP contribution in [0.3, 0.4) is 0 Å². The summed E-state index contributed by atoms with van der Waals surface area (Å²) in [6.07, 6.45) is 0.309. The van der Waals surface area contributed by atoms with Crippen molar-refractivity contribution in [1.29, 1.82) is 0 Å². The normalized spacial score (nSPS) is 16.5. The highest BCUT2D eigenvalue weighted by Gasteiger charge is 2.35. The third kappa shape index (κ3) is 6.07. The number of amides is 3. The number of nitrogens with zero attached hydrogens (tertiary/aromatic N) is 1. The SMILES string of the molecule is CCc1ccccc1NC(=O)COc1ccc(N2C[C@H](C(=O)NC[C@H](C)O)CC2=O)cc1. The molecule has 32 heavy (non-hydrogen) atoms. The number of ether oxygens (including phenoxy) is 1. The Balaban J connectivity index is 1.52. The fourth-order valence-corrected chi connectivity index (χ4v) is 3.53. The van der Waals surface area contributed by atoms with Gasteiger partial charge in [-0.15, -0.1) is 0 Å². The topological polar surface area (TPSA) is 108 Å². The highest BCUT2D eigenvalue weighted by atomic mass is 16.5. The monoisotopic (exact) mass is 439 g/mol. The fraction of sp³-hybridized carbons (Fsp3) is 0.375. The van der Waals surface area contributed by atoms with Gasteiger partial charge in [0.25, 0.3) is 5.91 Å². The van der Waals surface area contributed by atoms with Crippen LogP contribution in [0.25, 0.3) is 0 Å². The maximum absolute atomic E-state index is 12.4. The maximum Gasteiger partial charge on any atom is 0.262 e. The number of rotatable bonds is 9. The van der Waals surface area contributed by atoms with E-state index in [-0.39, 0.29) is 43.8 Å². The van der Waals surface area contributed by atoms with Crippen LogP contribution in [0, 0.1) is 5.92 Å². The van der Waals surface area contributed by atoms with E-state index < -0.39 is 12.0 Å². The van der Waals surface area contributed by atoms with E-state index in [1.807, 2.05) is 31.2 Å². The van der Waals surface area contributed by atoms with E-state index in [9.17, 15) is 19.5 Å². The molecule has 0 unspecified atom stereocenters. The number of aryl methyl sites for hydroxylation is 1. The molecule has 1 heterocycles. The van der Waals surface area contributed by atoms with Gasteiger partial charge in [0.1, 0.15) is 5.75 Å². The first-order valence-electron chi connectivity index (χ1n) is 10.7. The van der Waals surface area contributed by atoms with Crippen molar-refractivity contribution in [1.82, 2.24) is 5.32 Å². The summed E-state index contributed by atoms with van der Waals surface area (Å²) in [5.41, 5.74) is 2.49. The van der Waals surface area contributed by atoms with Gasteiger partial charge in [-0.3, -0.25) is 14.4 Å². The molecule has 1 aliphatic heterocycles.